The molecular weight excluding hydrogens is 244 g/mol. The van der Waals surface area contributed by atoms with Crippen molar-refractivity contribution in [1.82, 2.24) is 0 Å². The lowest BCUT2D eigenvalue weighted by Gasteiger charge is -2.18. The zero-order chi connectivity index (χ0) is 13.9. The summed E-state index contributed by atoms with van der Waals surface area (Å²) in [5.41, 5.74) is 5.67. The molecule has 4 nitrogen and oxygen atoms in total. The number of carbonyl (C=O) groups is 1. The van der Waals surface area contributed by atoms with Crippen molar-refractivity contribution in [3.05, 3.63) is 29.3 Å². The second-order valence-corrected chi connectivity index (χ2v) is 4.05. The molecule has 6 heteroatoms. The molecule has 0 radical (unpaired) electrons. The van der Waals surface area contributed by atoms with Crippen LogP contribution in [0.4, 0.5) is 8.78 Å². The van der Waals surface area contributed by atoms with Crippen molar-refractivity contribution in [2.24, 2.45) is 5.73 Å². The van der Waals surface area contributed by atoms with Crippen molar-refractivity contribution < 1.29 is 23.4 Å². The highest BCUT2D eigenvalue weighted by Crippen LogP contribution is 2.36. The Morgan fingerprint density at radius 1 is 1.56 bits per heavy atom. The van der Waals surface area contributed by atoms with E-state index < -0.39 is 17.9 Å². The van der Waals surface area contributed by atoms with Crippen LogP contribution in [0.25, 0.3) is 0 Å². The molecule has 0 saturated carbocycles. The Morgan fingerprint density at radius 3 is 2.61 bits per heavy atom. The van der Waals surface area contributed by atoms with E-state index >= 15 is 0 Å². The Kier molecular flexibility index (Phi) is 4.24. The summed E-state index contributed by atoms with van der Waals surface area (Å²) in [4.78, 5) is 10.5. The number of rotatable bonds is 5. The third kappa shape index (κ3) is 3.40. The van der Waals surface area contributed by atoms with Crippen LogP contribution in [0.3, 0.4) is 0 Å². The number of alkyl halides is 2. The Morgan fingerprint density at radius 2 is 2.17 bits per heavy atom. The maximum Gasteiger partial charge on any atom is 0.305 e. The maximum absolute atomic E-state index is 13.4. The fourth-order valence-electron chi connectivity index (χ4n) is 1.61. The molecule has 0 heterocycles. The molecule has 0 aliphatic rings. The lowest BCUT2D eigenvalue weighted by molar-refractivity contribution is -0.137. The molecule has 100 valence electrons. The quantitative estimate of drug-likeness (QED) is 0.850. The minimum atomic E-state index is -3.08. The van der Waals surface area contributed by atoms with Crippen LogP contribution in [-0.4, -0.2) is 18.2 Å². The van der Waals surface area contributed by atoms with E-state index in [-0.39, 0.29) is 17.7 Å². The SMILES string of the molecule is COc1ccc(C(N)CC(=O)O)cc1C(C)(F)F. The Balaban J connectivity index is 3.14. The van der Waals surface area contributed by atoms with Crippen molar-refractivity contribution in [3.63, 3.8) is 0 Å². The Hall–Kier alpha value is -1.69. The fraction of sp³-hybridized carbons (Fsp3) is 0.417. The van der Waals surface area contributed by atoms with E-state index in [1.54, 1.807) is 0 Å². The van der Waals surface area contributed by atoms with Gasteiger partial charge < -0.3 is 15.6 Å². The van der Waals surface area contributed by atoms with Crippen LogP contribution in [0.5, 0.6) is 5.75 Å². The number of methoxy groups -OCH3 is 1. The van der Waals surface area contributed by atoms with Crippen LogP contribution in [0.15, 0.2) is 18.2 Å². The molecule has 1 aromatic carbocycles. The van der Waals surface area contributed by atoms with E-state index in [4.69, 9.17) is 15.6 Å². The summed E-state index contributed by atoms with van der Waals surface area (Å²) in [6.45, 7) is 0.747. The highest BCUT2D eigenvalue weighted by molar-refractivity contribution is 5.68. The van der Waals surface area contributed by atoms with Crippen LogP contribution < -0.4 is 10.5 Å². The van der Waals surface area contributed by atoms with Crippen LogP contribution in [0, 0.1) is 0 Å². The molecule has 0 bridgehead atoms. The molecule has 0 saturated heterocycles. The minimum absolute atomic E-state index is 0.0498. The zero-order valence-electron chi connectivity index (χ0n) is 10.1. The van der Waals surface area contributed by atoms with E-state index in [2.05, 4.69) is 0 Å². The van der Waals surface area contributed by atoms with Crippen molar-refractivity contribution in [2.75, 3.05) is 7.11 Å². The molecule has 0 aromatic heterocycles. The molecule has 0 amide bonds. The van der Waals surface area contributed by atoms with E-state index in [9.17, 15) is 13.6 Å². The number of halogens is 2. The van der Waals surface area contributed by atoms with Gasteiger partial charge >= 0.3 is 5.97 Å². The number of carboxylic acid groups (broad SMARTS) is 1. The molecule has 1 aromatic rings. The predicted octanol–water partition coefficient (Wildman–Crippen LogP) is 2.28. The molecule has 1 rings (SSSR count). The van der Waals surface area contributed by atoms with Gasteiger partial charge in [-0.05, 0) is 17.7 Å². The van der Waals surface area contributed by atoms with Crippen LogP contribution in [-0.2, 0) is 10.7 Å². The van der Waals surface area contributed by atoms with Crippen LogP contribution in [0.2, 0.25) is 0 Å². The molecule has 1 unspecified atom stereocenters. The van der Waals surface area contributed by atoms with Crippen molar-refractivity contribution in [1.29, 1.82) is 0 Å². The predicted molar refractivity (Wildman–Crippen MR) is 61.7 cm³/mol. The van der Waals surface area contributed by atoms with E-state index in [0.29, 0.717) is 5.56 Å². The summed E-state index contributed by atoms with van der Waals surface area (Å²) in [6.07, 6.45) is -0.318. The highest BCUT2D eigenvalue weighted by Gasteiger charge is 2.29. The van der Waals surface area contributed by atoms with Crippen LogP contribution >= 0.6 is 0 Å². The first kappa shape index (κ1) is 14.4. The summed E-state index contributed by atoms with van der Waals surface area (Å²) in [7, 11) is 1.29. The number of aliphatic carboxylic acids is 1. The third-order valence-electron chi connectivity index (χ3n) is 2.52. The van der Waals surface area contributed by atoms with Crippen molar-refractivity contribution in [2.45, 2.75) is 25.3 Å². The second-order valence-electron chi connectivity index (χ2n) is 4.05. The number of hydrogen-bond acceptors (Lipinski definition) is 3. The first-order valence-electron chi connectivity index (χ1n) is 5.29. The summed E-state index contributed by atoms with van der Waals surface area (Å²) < 4.78 is 31.6. The maximum atomic E-state index is 13.4. The number of carboxylic acids is 1. The summed E-state index contributed by atoms with van der Waals surface area (Å²) in [6, 6.07) is 3.22. The average Bonchev–Trinajstić information content (AvgIpc) is 2.26. The first-order valence-corrected chi connectivity index (χ1v) is 5.29. The van der Waals surface area contributed by atoms with E-state index in [0.717, 1.165) is 6.92 Å². The molecule has 0 fully saturated rings. The molecule has 0 aliphatic heterocycles. The highest BCUT2D eigenvalue weighted by atomic mass is 19.3. The van der Waals surface area contributed by atoms with Gasteiger partial charge in [-0.25, -0.2) is 8.78 Å². The van der Waals surface area contributed by atoms with Crippen molar-refractivity contribution in [3.8, 4) is 5.75 Å². The summed E-state index contributed by atoms with van der Waals surface area (Å²) in [5.74, 6) is -4.11. The number of hydrogen-bond donors (Lipinski definition) is 2. The van der Waals surface area contributed by atoms with Gasteiger partial charge in [0.25, 0.3) is 5.92 Å². The topological polar surface area (TPSA) is 72.5 Å². The largest absolute Gasteiger partial charge is 0.496 e. The number of ether oxygens (including phenoxy) is 1. The molecule has 1 atom stereocenters. The van der Waals surface area contributed by atoms with E-state index in [1.165, 1.54) is 25.3 Å². The number of benzene rings is 1. The van der Waals surface area contributed by atoms with Gasteiger partial charge in [-0.3, -0.25) is 4.79 Å². The van der Waals surface area contributed by atoms with Gasteiger partial charge in [0.1, 0.15) is 5.75 Å². The van der Waals surface area contributed by atoms with Gasteiger partial charge in [0, 0.05) is 13.0 Å². The van der Waals surface area contributed by atoms with Gasteiger partial charge in [-0.2, -0.15) is 0 Å². The lowest BCUT2D eigenvalue weighted by Crippen LogP contribution is -2.17. The van der Waals surface area contributed by atoms with Gasteiger partial charge in [0.15, 0.2) is 0 Å². The standard InChI is InChI=1S/C12H15F2NO3/c1-12(13,14)8-5-7(3-4-10(8)18-2)9(15)6-11(16)17/h3-5,9H,6,15H2,1-2H3,(H,16,17). The monoisotopic (exact) mass is 259 g/mol. The second kappa shape index (κ2) is 5.30. The molecular formula is C12H15F2NO3. The number of nitrogens with two attached hydrogens (primary N) is 1. The molecule has 18 heavy (non-hydrogen) atoms. The summed E-state index contributed by atoms with van der Waals surface area (Å²) >= 11 is 0. The molecule has 0 spiro atoms. The first-order chi connectivity index (χ1) is 8.25. The lowest BCUT2D eigenvalue weighted by atomic mass is 9.99. The fourth-order valence-corrected chi connectivity index (χ4v) is 1.61. The Labute approximate surface area is 103 Å². The minimum Gasteiger partial charge on any atom is -0.496 e. The van der Waals surface area contributed by atoms with Gasteiger partial charge in [-0.1, -0.05) is 6.07 Å². The molecule has 3 N–H and O–H groups in total. The normalized spacial score (nSPS) is 13.2. The van der Waals surface area contributed by atoms with Gasteiger partial charge in [0.2, 0.25) is 0 Å². The average molecular weight is 259 g/mol. The summed E-state index contributed by atoms with van der Waals surface area (Å²) in [5, 5.41) is 8.62. The third-order valence-corrected chi connectivity index (χ3v) is 2.52. The van der Waals surface area contributed by atoms with E-state index in [1.807, 2.05) is 0 Å². The Bertz CT molecular complexity index is 443. The smallest absolute Gasteiger partial charge is 0.305 e. The van der Waals surface area contributed by atoms with Gasteiger partial charge in [0.05, 0.1) is 19.1 Å². The van der Waals surface area contributed by atoms with Gasteiger partial charge in [-0.15, -0.1) is 0 Å². The zero-order valence-corrected chi connectivity index (χ0v) is 10.1. The molecule has 0 aliphatic carbocycles. The van der Waals surface area contributed by atoms with Crippen LogP contribution in [0.1, 0.15) is 30.5 Å². The van der Waals surface area contributed by atoms with Crippen molar-refractivity contribution >= 4 is 5.97 Å².